The van der Waals surface area contributed by atoms with Crippen LogP contribution in [0, 0.1) is 0 Å². The van der Waals surface area contributed by atoms with Gasteiger partial charge in [-0.05, 0) is 18.4 Å². The third-order valence-electron chi connectivity index (χ3n) is 1.66. The van der Waals surface area contributed by atoms with Crippen molar-refractivity contribution in [2.75, 3.05) is 6.61 Å². The van der Waals surface area contributed by atoms with E-state index in [1.54, 1.807) is 24.4 Å². The van der Waals surface area contributed by atoms with Crippen LogP contribution in [0.2, 0.25) is 0 Å². The number of carbonyl (C=O) groups is 1. The van der Waals surface area contributed by atoms with Gasteiger partial charge in [0.15, 0.2) is 6.10 Å². The molecule has 0 aliphatic heterocycles. The molecule has 0 spiro atoms. The molecule has 2 atom stereocenters. The lowest BCUT2D eigenvalue weighted by Crippen LogP contribution is -2.29. The van der Waals surface area contributed by atoms with Crippen LogP contribution in [-0.4, -0.2) is 28.9 Å². The van der Waals surface area contributed by atoms with Gasteiger partial charge in [0.2, 0.25) is 0 Å². The molecule has 0 saturated heterocycles. The first-order valence-corrected chi connectivity index (χ1v) is 5.11. The fraction of sp³-hybridized carbons (Fsp3) is 0.444. The topological polar surface area (TPSA) is 66.8 Å². The lowest BCUT2D eigenvalue weighted by atomic mass is 10.2. The Balaban J connectivity index is 2.61. The normalized spacial score (nSPS) is 14.8. The summed E-state index contributed by atoms with van der Waals surface area (Å²) >= 11 is 1.28. The second-order valence-electron chi connectivity index (χ2n) is 2.66. The Kier molecular flexibility index (Phi) is 4.06. The molecule has 1 aromatic rings. The Morgan fingerprint density at radius 1 is 1.64 bits per heavy atom. The Bertz CT molecular complexity index is 283. The minimum absolute atomic E-state index is 0.188. The average molecular weight is 216 g/mol. The SMILES string of the molecule is CCOC(=O)C(O)C(O)c1cccs1. The highest BCUT2D eigenvalue weighted by Crippen LogP contribution is 2.22. The van der Waals surface area contributed by atoms with Gasteiger partial charge in [0.25, 0.3) is 0 Å². The van der Waals surface area contributed by atoms with Gasteiger partial charge in [0, 0.05) is 4.88 Å². The molecular formula is C9H12O4S. The zero-order valence-electron chi connectivity index (χ0n) is 7.71. The number of hydrogen-bond donors (Lipinski definition) is 2. The van der Waals surface area contributed by atoms with Crippen LogP contribution in [-0.2, 0) is 9.53 Å². The molecule has 14 heavy (non-hydrogen) atoms. The smallest absolute Gasteiger partial charge is 0.338 e. The summed E-state index contributed by atoms with van der Waals surface area (Å²) in [6.45, 7) is 1.83. The number of hydrogen-bond acceptors (Lipinski definition) is 5. The van der Waals surface area contributed by atoms with E-state index < -0.39 is 18.2 Å². The van der Waals surface area contributed by atoms with Gasteiger partial charge in [0.1, 0.15) is 6.10 Å². The van der Waals surface area contributed by atoms with E-state index in [2.05, 4.69) is 4.74 Å². The fourth-order valence-corrected chi connectivity index (χ4v) is 1.71. The molecule has 0 aliphatic carbocycles. The molecule has 0 fully saturated rings. The van der Waals surface area contributed by atoms with E-state index in [9.17, 15) is 15.0 Å². The molecule has 5 heteroatoms. The number of rotatable bonds is 4. The molecule has 4 nitrogen and oxygen atoms in total. The van der Waals surface area contributed by atoms with Crippen LogP contribution in [0.15, 0.2) is 17.5 Å². The number of carbonyl (C=O) groups excluding carboxylic acids is 1. The van der Waals surface area contributed by atoms with Crippen molar-refractivity contribution in [2.24, 2.45) is 0 Å². The first-order valence-electron chi connectivity index (χ1n) is 4.23. The van der Waals surface area contributed by atoms with Crippen molar-refractivity contribution in [3.63, 3.8) is 0 Å². The zero-order chi connectivity index (χ0) is 10.6. The largest absolute Gasteiger partial charge is 0.464 e. The third kappa shape index (κ3) is 2.54. The highest BCUT2D eigenvalue weighted by Gasteiger charge is 2.27. The van der Waals surface area contributed by atoms with Crippen molar-refractivity contribution in [1.82, 2.24) is 0 Å². The van der Waals surface area contributed by atoms with Crippen molar-refractivity contribution in [1.29, 1.82) is 0 Å². The van der Waals surface area contributed by atoms with E-state index in [0.717, 1.165) is 0 Å². The summed E-state index contributed by atoms with van der Waals surface area (Å²) in [6.07, 6.45) is -2.71. The number of ether oxygens (including phenoxy) is 1. The van der Waals surface area contributed by atoms with Gasteiger partial charge in [-0.1, -0.05) is 6.07 Å². The number of thiophene rings is 1. The second kappa shape index (κ2) is 5.09. The van der Waals surface area contributed by atoms with Gasteiger partial charge in [-0.15, -0.1) is 11.3 Å². The number of aliphatic hydroxyl groups excluding tert-OH is 2. The lowest BCUT2D eigenvalue weighted by molar-refractivity contribution is -0.159. The minimum Gasteiger partial charge on any atom is -0.464 e. The fourth-order valence-electron chi connectivity index (χ4n) is 0.972. The summed E-state index contributed by atoms with van der Waals surface area (Å²) in [7, 11) is 0. The maximum Gasteiger partial charge on any atom is 0.338 e. The summed E-state index contributed by atoms with van der Waals surface area (Å²) in [5.41, 5.74) is 0. The van der Waals surface area contributed by atoms with E-state index >= 15 is 0 Å². The first-order chi connectivity index (χ1) is 6.66. The van der Waals surface area contributed by atoms with Gasteiger partial charge < -0.3 is 14.9 Å². The molecule has 0 aliphatic rings. The summed E-state index contributed by atoms with van der Waals surface area (Å²) in [5.74, 6) is -0.798. The molecule has 0 saturated carbocycles. The summed E-state index contributed by atoms with van der Waals surface area (Å²) < 4.78 is 4.58. The first kappa shape index (κ1) is 11.2. The van der Waals surface area contributed by atoms with Gasteiger partial charge in [0.05, 0.1) is 6.61 Å². The average Bonchev–Trinajstić information content (AvgIpc) is 2.68. The van der Waals surface area contributed by atoms with Gasteiger partial charge >= 0.3 is 5.97 Å². The predicted molar refractivity (Wildman–Crippen MR) is 51.9 cm³/mol. The van der Waals surface area contributed by atoms with E-state index in [1.807, 2.05) is 0 Å². The highest BCUT2D eigenvalue weighted by molar-refractivity contribution is 7.10. The van der Waals surface area contributed by atoms with E-state index in [0.29, 0.717) is 4.88 Å². The maximum absolute atomic E-state index is 11.1. The molecule has 0 bridgehead atoms. The number of aliphatic hydroxyl groups is 2. The van der Waals surface area contributed by atoms with Gasteiger partial charge in [-0.25, -0.2) is 4.79 Å². The molecule has 0 aromatic carbocycles. The molecule has 2 unspecified atom stereocenters. The number of esters is 1. The Hall–Kier alpha value is -0.910. The van der Waals surface area contributed by atoms with Crippen LogP contribution in [0.25, 0.3) is 0 Å². The van der Waals surface area contributed by atoms with Crippen LogP contribution in [0.4, 0.5) is 0 Å². The minimum atomic E-state index is -1.51. The van der Waals surface area contributed by atoms with E-state index in [1.165, 1.54) is 11.3 Å². The Labute approximate surface area is 85.8 Å². The summed E-state index contributed by atoms with van der Waals surface area (Å²) in [6, 6.07) is 3.39. The van der Waals surface area contributed by atoms with Crippen molar-refractivity contribution < 1.29 is 19.7 Å². The highest BCUT2D eigenvalue weighted by atomic mass is 32.1. The molecule has 0 amide bonds. The third-order valence-corrected chi connectivity index (χ3v) is 2.60. The summed E-state index contributed by atoms with van der Waals surface area (Å²) in [5, 5.41) is 20.7. The molecule has 78 valence electrons. The molecule has 2 N–H and O–H groups in total. The molecule has 1 aromatic heterocycles. The standard InChI is InChI=1S/C9H12O4S/c1-2-13-9(12)8(11)7(10)6-4-3-5-14-6/h3-5,7-8,10-11H,2H2,1H3. The molecule has 0 radical (unpaired) electrons. The van der Waals surface area contributed by atoms with Crippen molar-refractivity contribution >= 4 is 17.3 Å². The second-order valence-corrected chi connectivity index (χ2v) is 3.64. The Morgan fingerprint density at radius 2 is 2.36 bits per heavy atom. The zero-order valence-corrected chi connectivity index (χ0v) is 8.53. The van der Waals surface area contributed by atoms with Crippen LogP contribution >= 0.6 is 11.3 Å². The van der Waals surface area contributed by atoms with Gasteiger partial charge in [-0.2, -0.15) is 0 Å². The van der Waals surface area contributed by atoms with Crippen LogP contribution < -0.4 is 0 Å². The molecular weight excluding hydrogens is 204 g/mol. The lowest BCUT2D eigenvalue weighted by Gasteiger charge is -2.14. The van der Waals surface area contributed by atoms with Crippen molar-refractivity contribution in [3.8, 4) is 0 Å². The maximum atomic E-state index is 11.1. The van der Waals surface area contributed by atoms with Crippen LogP contribution in [0.5, 0.6) is 0 Å². The monoisotopic (exact) mass is 216 g/mol. The van der Waals surface area contributed by atoms with Crippen molar-refractivity contribution in [3.05, 3.63) is 22.4 Å². The molecule has 1 rings (SSSR count). The quantitative estimate of drug-likeness (QED) is 0.727. The Morgan fingerprint density at radius 3 is 2.86 bits per heavy atom. The molecule has 1 heterocycles. The van der Waals surface area contributed by atoms with Crippen molar-refractivity contribution in [2.45, 2.75) is 19.1 Å². The van der Waals surface area contributed by atoms with Gasteiger partial charge in [-0.3, -0.25) is 0 Å². The van der Waals surface area contributed by atoms with Crippen LogP contribution in [0.1, 0.15) is 17.9 Å². The van der Waals surface area contributed by atoms with E-state index in [4.69, 9.17) is 0 Å². The van der Waals surface area contributed by atoms with E-state index in [-0.39, 0.29) is 6.61 Å². The summed E-state index contributed by atoms with van der Waals surface area (Å²) in [4.78, 5) is 11.6. The predicted octanol–water partition coefficient (Wildman–Crippen LogP) is 0.706. The van der Waals surface area contributed by atoms with Crippen LogP contribution in [0.3, 0.4) is 0 Å².